The highest BCUT2D eigenvalue weighted by Gasteiger charge is 2.23. The number of anilines is 3. The maximum atomic E-state index is 5.07. The summed E-state index contributed by atoms with van der Waals surface area (Å²) < 4.78 is 2.36. The Labute approximate surface area is 307 Å². The van der Waals surface area contributed by atoms with Gasteiger partial charge in [0.25, 0.3) is 0 Å². The van der Waals surface area contributed by atoms with Crippen LogP contribution in [0.1, 0.15) is 5.56 Å². The number of fused-ring (bicyclic) bond motifs is 6. The van der Waals surface area contributed by atoms with Gasteiger partial charge >= 0.3 is 0 Å². The van der Waals surface area contributed by atoms with E-state index in [2.05, 4.69) is 160 Å². The summed E-state index contributed by atoms with van der Waals surface area (Å²) in [6, 6.07) is 59.9. The highest BCUT2D eigenvalue weighted by Crippen LogP contribution is 2.46. The summed E-state index contributed by atoms with van der Waals surface area (Å²) in [6.07, 6.45) is 3.62. The molecule has 10 rings (SSSR count). The van der Waals surface area contributed by atoms with Crippen molar-refractivity contribution in [3.05, 3.63) is 188 Å². The van der Waals surface area contributed by atoms with Crippen molar-refractivity contribution in [3.8, 4) is 28.5 Å². The van der Waals surface area contributed by atoms with E-state index >= 15 is 0 Å². The molecule has 0 aliphatic heterocycles. The molecule has 4 aromatic heterocycles. The number of hydrogen-bond donors (Lipinski definition) is 0. The predicted molar refractivity (Wildman–Crippen MR) is 219 cm³/mol. The summed E-state index contributed by atoms with van der Waals surface area (Å²) in [5, 5.41) is 7.30. The molecule has 0 spiro atoms. The highest BCUT2D eigenvalue weighted by molar-refractivity contribution is 6.16. The minimum Gasteiger partial charge on any atom is -0.310 e. The molecule has 10 aromatic rings. The molecule has 0 saturated heterocycles. The van der Waals surface area contributed by atoms with Crippen molar-refractivity contribution in [1.29, 1.82) is 0 Å². The van der Waals surface area contributed by atoms with E-state index in [1.54, 1.807) is 0 Å². The van der Waals surface area contributed by atoms with Gasteiger partial charge in [0.1, 0.15) is 0 Å². The van der Waals surface area contributed by atoms with Crippen molar-refractivity contribution >= 4 is 60.4 Å². The molecule has 5 heteroatoms. The zero-order chi connectivity index (χ0) is 35.3. The van der Waals surface area contributed by atoms with Gasteiger partial charge in [-0.15, -0.1) is 0 Å². The zero-order valence-corrected chi connectivity index (χ0v) is 29.1. The lowest BCUT2D eigenvalue weighted by atomic mass is 9.98. The molecule has 53 heavy (non-hydrogen) atoms. The van der Waals surface area contributed by atoms with Crippen molar-refractivity contribution in [1.82, 2.24) is 19.5 Å². The molecule has 5 nitrogen and oxygen atoms in total. The lowest BCUT2D eigenvalue weighted by Crippen LogP contribution is -2.12. The third-order valence-corrected chi connectivity index (χ3v) is 10.2. The quantitative estimate of drug-likeness (QED) is 0.164. The van der Waals surface area contributed by atoms with Gasteiger partial charge in [0.15, 0.2) is 0 Å². The van der Waals surface area contributed by atoms with Crippen molar-refractivity contribution in [2.24, 2.45) is 0 Å². The van der Waals surface area contributed by atoms with E-state index in [9.17, 15) is 0 Å². The second-order valence-corrected chi connectivity index (χ2v) is 13.3. The van der Waals surface area contributed by atoms with Gasteiger partial charge in [-0.05, 0) is 101 Å². The molecule has 0 amide bonds. The molecular formula is C48H33N5. The van der Waals surface area contributed by atoms with E-state index in [0.29, 0.717) is 0 Å². The Kier molecular flexibility index (Phi) is 7.29. The molecule has 4 heterocycles. The standard InChI is InChI=1S/C48H33N5/c1-32-44(52(34-16-3-2-4-17-34)47-29-33-15-5-6-18-36(33)37-19-7-8-20-38(37)47)25-26-46-48(32)39-21-9-10-24-45(39)53(46)35-30-42(40-22-11-13-27-49-40)51-43(31-35)41-23-12-14-28-50-41/h2-31H,1H3. The van der Waals surface area contributed by atoms with Crippen molar-refractivity contribution < 1.29 is 0 Å². The fourth-order valence-electron chi connectivity index (χ4n) is 7.88. The largest absolute Gasteiger partial charge is 0.310 e. The van der Waals surface area contributed by atoms with Gasteiger partial charge in [0, 0.05) is 39.9 Å². The van der Waals surface area contributed by atoms with Gasteiger partial charge in [-0.2, -0.15) is 0 Å². The first-order valence-electron chi connectivity index (χ1n) is 17.9. The number of rotatable bonds is 6. The first-order valence-corrected chi connectivity index (χ1v) is 17.9. The summed E-state index contributed by atoms with van der Waals surface area (Å²) in [4.78, 5) is 16.9. The van der Waals surface area contributed by atoms with Gasteiger partial charge in [-0.3, -0.25) is 9.97 Å². The maximum Gasteiger partial charge on any atom is 0.0915 e. The number of pyridine rings is 3. The first-order chi connectivity index (χ1) is 26.2. The van der Waals surface area contributed by atoms with Gasteiger partial charge in [0.2, 0.25) is 0 Å². The molecule has 0 fully saturated rings. The Balaban J connectivity index is 1.25. The number of para-hydroxylation sites is 2. The molecular weight excluding hydrogens is 647 g/mol. The van der Waals surface area contributed by atoms with Crippen LogP contribution in [0.15, 0.2) is 182 Å². The molecule has 0 aliphatic rings. The minimum atomic E-state index is 0.793. The van der Waals surface area contributed by atoms with Crippen LogP contribution in [-0.2, 0) is 0 Å². The van der Waals surface area contributed by atoms with E-state index in [1.165, 1.54) is 37.9 Å². The molecule has 0 bridgehead atoms. The average molecular weight is 680 g/mol. The van der Waals surface area contributed by atoms with E-state index in [-0.39, 0.29) is 0 Å². The van der Waals surface area contributed by atoms with Crippen molar-refractivity contribution in [3.63, 3.8) is 0 Å². The van der Waals surface area contributed by atoms with Gasteiger partial charge < -0.3 is 9.47 Å². The molecule has 250 valence electrons. The first kappa shape index (κ1) is 30.7. The Morgan fingerprint density at radius 1 is 0.453 bits per heavy atom. The van der Waals surface area contributed by atoms with Crippen LogP contribution in [0.2, 0.25) is 0 Å². The van der Waals surface area contributed by atoms with Crippen LogP contribution in [0.5, 0.6) is 0 Å². The summed E-state index contributed by atoms with van der Waals surface area (Å²) in [7, 11) is 0. The zero-order valence-electron chi connectivity index (χ0n) is 29.1. The fourth-order valence-corrected chi connectivity index (χ4v) is 7.88. The van der Waals surface area contributed by atoms with Crippen LogP contribution in [0.4, 0.5) is 17.1 Å². The van der Waals surface area contributed by atoms with Crippen LogP contribution >= 0.6 is 0 Å². The number of hydrogen-bond acceptors (Lipinski definition) is 4. The van der Waals surface area contributed by atoms with Crippen LogP contribution < -0.4 is 4.90 Å². The molecule has 0 N–H and O–H groups in total. The normalized spacial score (nSPS) is 11.5. The van der Waals surface area contributed by atoms with Gasteiger partial charge in [-0.1, -0.05) is 97.1 Å². The second-order valence-electron chi connectivity index (χ2n) is 13.3. The second kappa shape index (κ2) is 12.6. The summed E-state index contributed by atoms with van der Waals surface area (Å²) in [5.41, 5.74) is 11.0. The Morgan fingerprint density at radius 2 is 1.06 bits per heavy atom. The highest BCUT2D eigenvalue weighted by atomic mass is 15.1. The predicted octanol–water partition coefficient (Wildman–Crippen LogP) is 12.4. The Hall–Kier alpha value is -7.11. The number of aryl methyl sites for hydroxylation is 1. The molecule has 0 atom stereocenters. The van der Waals surface area contributed by atoms with Crippen LogP contribution in [0.3, 0.4) is 0 Å². The lowest BCUT2D eigenvalue weighted by Gasteiger charge is -2.29. The molecule has 6 aromatic carbocycles. The van der Waals surface area contributed by atoms with Crippen LogP contribution in [-0.4, -0.2) is 19.5 Å². The van der Waals surface area contributed by atoms with Crippen molar-refractivity contribution in [2.45, 2.75) is 6.92 Å². The lowest BCUT2D eigenvalue weighted by molar-refractivity contribution is 1.14. The number of benzene rings is 6. The van der Waals surface area contributed by atoms with Crippen LogP contribution in [0.25, 0.3) is 71.8 Å². The Morgan fingerprint density at radius 3 is 1.75 bits per heavy atom. The molecule has 0 saturated carbocycles. The summed E-state index contributed by atoms with van der Waals surface area (Å²) >= 11 is 0. The number of aromatic nitrogens is 4. The monoisotopic (exact) mass is 679 g/mol. The van der Waals surface area contributed by atoms with Crippen LogP contribution in [0, 0.1) is 6.92 Å². The SMILES string of the molecule is Cc1c(N(c2ccccc2)c2cc3ccccc3c3ccccc23)ccc2c1c1ccccc1n2-c1cc(-c2ccccn2)nc(-c2ccccn2)c1. The third-order valence-electron chi connectivity index (χ3n) is 10.2. The maximum absolute atomic E-state index is 5.07. The average Bonchev–Trinajstić information content (AvgIpc) is 3.58. The third kappa shape index (κ3) is 5.13. The van der Waals surface area contributed by atoms with Gasteiger partial charge in [-0.25, -0.2) is 4.98 Å². The van der Waals surface area contributed by atoms with Gasteiger partial charge in [0.05, 0.1) is 45.2 Å². The molecule has 0 aliphatic carbocycles. The summed E-state index contributed by atoms with van der Waals surface area (Å²) in [5.74, 6) is 0. The smallest absolute Gasteiger partial charge is 0.0915 e. The molecule has 0 radical (unpaired) electrons. The van der Waals surface area contributed by atoms with E-state index in [0.717, 1.165) is 56.6 Å². The van der Waals surface area contributed by atoms with E-state index in [1.807, 2.05) is 48.8 Å². The fraction of sp³-hybridized carbons (Fsp3) is 0.0208. The van der Waals surface area contributed by atoms with Crippen molar-refractivity contribution in [2.75, 3.05) is 4.90 Å². The van der Waals surface area contributed by atoms with E-state index in [4.69, 9.17) is 4.98 Å². The topological polar surface area (TPSA) is 46.8 Å². The van der Waals surface area contributed by atoms with E-state index < -0.39 is 0 Å². The minimum absolute atomic E-state index is 0.793. The molecule has 0 unspecified atom stereocenters. The summed E-state index contributed by atoms with van der Waals surface area (Å²) in [6.45, 7) is 2.26. The number of nitrogens with zero attached hydrogens (tertiary/aromatic N) is 5. The Bertz CT molecular complexity index is 2900.